The fraction of sp³-hybridized carbons (Fsp3) is 0.0476. The van der Waals surface area contributed by atoms with Gasteiger partial charge in [-0.3, -0.25) is 0 Å². The van der Waals surface area contributed by atoms with Crippen molar-refractivity contribution in [2.24, 2.45) is 10.2 Å². The van der Waals surface area contributed by atoms with Crippen molar-refractivity contribution in [2.75, 3.05) is 7.11 Å². The van der Waals surface area contributed by atoms with Gasteiger partial charge in [0.25, 0.3) is 9.05 Å². The molecule has 0 saturated carbocycles. The van der Waals surface area contributed by atoms with Gasteiger partial charge in [-0.1, -0.05) is 36.4 Å². The normalized spacial score (nSPS) is 12.1. The van der Waals surface area contributed by atoms with E-state index in [1.807, 2.05) is 18.2 Å². The Bertz CT molecular complexity index is 1380. The molecule has 146 valence electrons. The van der Waals surface area contributed by atoms with E-state index in [2.05, 4.69) is 10.2 Å². The highest BCUT2D eigenvalue weighted by atomic mass is 35.7. The van der Waals surface area contributed by atoms with Crippen LogP contribution in [0.2, 0.25) is 0 Å². The van der Waals surface area contributed by atoms with Crippen molar-refractivity contribution in [2.45, 2.75) is 4.90 Å². The van der Waals surface area contributed by atoms with Gasteiger partial charge in [-0.2, -0.15) is 5.11 Å². The van der Waals surface area contributed by atoms with Crippen molar-refractivity contribution >= 4 is 52.7 Å². The third-order valence-corrected chi connectivity index (χ3v) is 5.88. The molecule has 0 aromatic heterocycles. The minimum absolute atomic E-state index is 0.0166. The number of methoxy groups -OCH3 is 1. The number of benzene rings is 4. The van der Waals surface area contributed by atoms with Crippen molar-refractivity contribution in [1.29, 1.82) is 0 Å². The van der Waals surface area contributed by atoms with Crippen LogP contribution in [0.5, 0.6) is 11.5 Å². The molecule has 0 unspecified atom stereocenters. The third kappa shape index (κ3) is 3.74. The van der Waals surface area contributed by atoms with Crippen LogP contribution in [0, 0.1) is 0 Å². The minimum atomic E-state index is -3.79. The molecule has 0 heterocycles. The van der Waals surface area contributed by atoms with E-state index in [9.17, 15) is 13.5 Å². The Morgan fingerprint density at radius 1 is 0.897 bits per heavy atom. The number of halogens is 1. The number of azo groups is 1. The fourth-order valence-electron chi connectivity index (χ4n) is 3.09. The maximum atomic E-state index is 11.5. The molecule has 6 nitrogen and oxygen atoms in total. The van der Waals surface area contributed by atoms with Crippen LogP contribution in [0.25, 0.3) is 21.5 Å². The zero-order valence-corrected chi connectivity index (χ0v) is 16.8. The van der Waals surface area contributed by atoms with E-state index >= 15 is 0 Å². The first-order chi connectivity index (χ1) is 13.9. The van der Waals surface area contributed by atoms with E-state index in [0.29, 0.717) is 22.2 Å². The van der Waals surface area contributed by atoms with Gasteiger partial charge >= 0.3 is 0 Å². The van der Waals surface area contributed by atoms with E-state index in [1.165, 1.54) is 12.1 Å². The molecule has 29 heavy (non-hydrogen) atoms. The number of rotatable bonds is 4. The predicted molar refractivity (Wildman–Crippen MR) is 113 cm³/mol. The molecular formula is C21H15ClN2O4S. The molecule has 0 bridgehead atoms. The molecule has 4 rings (SSSR count). The van der Waals surface area contributed by atoms with Gasteiger partial charge in [0.05, 0.1) is 17.7 Å². The lowest BCUT2D eigenvalue weighted by Crippen LogP contribution is -1.89. The standard InChI is InChI=1S/C21H15ClN2O4S/c1-28-20-12-19(21(25)18-5-3-2-4-17(18)20)24-23-15-8-6-14-11-16(29(22,26)27)9-7-13(14)10-15/h2-12,25H,1H3/b24-23+. The summed E-state index contributed by atoms with van der Waals surface area (Å²) in [7, 11) is 3.16. The summed E-state index contributed by atoms with van der Waals surface area (Å²) in [5.41, 5.74) is 0.828. The first-order valence-electron chi connectivity index (χ1n) is 8.56. The molecule has 0 atom stereocenters. The van der Waals surface area contributed by atoms with Crippen LogP contribution in [-0.2, 0) is 9.05 Å². The molecule has 0 fully saturated rings. The quantitative estimate of drug-likeness (QED) is 0.317. The van der Waals surface area contributed by atoms with E-state index in [-0.39, 0.29) is 16.3 Å². The van der Waals surface area contributed by atoms with Crippen LogP contribution in [-0.4, -0.2) is 20.6 Å². The predicted octanol–water partition coefficient (Wildman–Crippen LogP) is 6.05. The Morgan fingerprint density at radius 2 is 1.59 bits per heavy atom. The molecule has 0 saturated heterocycles. The lowest BCUT2D eigenvalue weighted by Gasteiger charge is -2.09. The average Bonchev–Trinajstić information content (AvgIpc) is 2.72. The number of phenols is 1. The van der Waals surface area contributed by atoms with Crippen molar-refractivity contribution in [3.05, 3.63) is 66.7 Å². The molecule has 0 aliphatic rings. The van der Waals surface area contributed by atoms with Crippen LogP contribution in [0.15, 0.2) is 81.9 Å². The Hall–Kier alpha value is -3.16. The average molecular weight is 427 g/mol. The summed E-state index contributed by atoms with van der Waals surface area (Å²) in [6.45, 7) is 0. The molecule has 0 aliphatic carbocycles. The second kappa shape index (κ2) is 7.35. The summed E-state index contributed by atoms with van der Waals surface area (Å²) in [6, 6.07) is 18.7. The number of aromatic hydroxyl groups is 1. The molecule has 4 aromatic rings. The maximum Gasteiger partial charge on any atom is 0.261 e. The minimum Gasteiger partial charge on any atom is -0.505 e. The summed E-state index contributed by atoms with van der Waals surface area (Å²) in [5.74, 6) is 0.601. The Labute approximate surface area is 171 Å². The zero-order chi connectivity index (χ0) is 20.6. The lowest BCUT2D eigenvalue weighted by molar-refractivity contribution is 0.418. The molecule has 0 radical (unpaired) electrons. The van der Waals surface area contributed by atoms with Gasteiger partial charge in [0.2, 0.25) is 0 Å². The second-order valence-corrected chi connectivity index (χ2v) is 8.89. The molecular weight excluding hydrogens is 412 g/mol. The van der Waals surface area contributed by atoms with E-state index in [0.717, 1.165) is 10.8 Å². The first kappa shape index (κ1) is 19.2. The Morgan fingerprint density at radius 3 is 2.31 bits per heavy atom. The summed E-state index contributed by atoms with van der Waals surface area (Å²) in [4.78, 5) is 0.0363. The SMILES string of the molecule is COc1cc(/N=N/c2ccc3cc(S(=O)(=O)Cl)ccc3c2)c(O)c2ccccc12. The van der Waals surface area contributed by atoms with Gasteiger partial charge in [-0.05, 0) is 35.0 Å². The Balaban J connectivity index is 1.74. The smallest absolute Gasteiger partial charge is 0.261 e. The maximum absolute atomic E-state index is 11.5. The number of phenolic OH excluding ortho intramolecular Hbond substituents is 1. The second-order valence-electron chi connectivity index (χ2n) is 6.32. The van der Waals surface area contributed by atoms with Gasteiger partial charge in [-0.25, -0.2) is 8.42 Å². The van der Waals surface area contributed by atoms with Crippen LogP contribution in [0.1, 0.15) is 0 Å². The number of nitrogens with zero attached hydrogens (tertiary/aromatic N) is 2. The number of fused-ring (bicyclic) bond motifs is 2. The molecule has 4 aromatic carbocycles. The third-order valence-electron chi connectivity index (χ3n) is 4.53. The highest BCUT2D eigenvalue weighted by Crippen LogP contribution is 2.41. The van der Waals surface area contributed by atoms with Gasteiger partial charge in [0, 0.05) is 27.5 Å². The van der Waals surface area contributed by atoms with Crippen LogP contribution < -0.4 is 4.74 Å². The summed E-state index contributed by atoms with van der Waals surface area (Å²) in [6.07, 6.45) is 0. The van der Waals surface area contributed by atoms with Crippen molar-refractivity contribution in [3.8, 4) is 11.5 Å². The van der Waals surface area contributed by atoms with Crippen molar-refractivity contribution < 1.29 is 18.3 Å². The van der Waals surface area contributed by atoms with Crippen LogP contribution in [0.4, 0.5) is 11.4 Å². The molecule has 0 spiro atoms. The lowest BCUT2D eigenvalue weighted by atomic mass is 10.1. The van der Waals surface area contributed by atoms with Crippen LogP contribution in [0.3, 0.4) is 0 Å². The van der Waals surface area contributed by atoms with E-state index in [4.69, 9.17) is 15.4 Å². The van der Waals surface area contributed by atoms with Gasteiger partial charge < -0.3 is 9.84 Å². The zero-order valence-electron chi connectivity index (χ0n) is 15.2. The number of hydrogen-bond acceptors (Lipinski definition) is 6. The number of hydrogen-bond donors (Lipinski definition) is 1. The highest BCUT2D eigenvalue weighted by molar-refractivity contribution is 8.13. The summed E-state index contributed by atoms with van der Waals surface area (Å²) in [5, 5.41) is 21.8. The topological polar surface area (TPSA) is 88.3 Å². The summed E-state index contributed by atoms with van der Waals surface area (Å²) >= 11 is 0. The van der Waals surface area contributed by atoms with Gasteiger partial charge in [-0.15, -0.1) is 5.11 Å². The largest absolute Gasteiger partial charge is 0.505 e. The fourth-order valence-corrected chi connectivity index (χ4v) is 3.88. The highest BCUT2D eigenvalue weighted by Gasteiger charge is 2.12. The molecule has 0 aliphatic heterocycles. The van der Waals surface area contributed by atoms with Gasteiger partial charge in [0.15, 0.2) is 5.75 Å². The van der Waals surface area contributed by atoms with E-state index < -0.39 is 9.05 Å². The molecule has 1 N–H and O–H groups in total. The Kier molecular flexibility index (Phi) is 4.86. The number of ether oxygens (including phenoxy) is 1. The van der Waals surface area contributed by atoms with Crippen molar-refractivity contribution in [1.82, 2.24) is 0 Å². The molecule has 0 amide bonds. The van der Waals surface area contributed by atoms with Crippen LogP contribution >= 0.6 is 10.7 Å². The first-order valence-corrected chi connectivity index (χ1v) is 10.9. The van der Waals surface area contributed by atoms with Gasteiger partial charge in [0.1, 0.15) is 11.4 Å². The van der Waals surface area contributed by atoms with E-state index in [1.54, 1.807) is 43.5 Å². The summed E-state index contributed by atoms with van der Waals surface area (Å²) < 4.78 is 28.4. The molecule has 8 heteroatoms. The van der Waals surface area contributed by atoms with Crippen molar-refractivity contribution in [3.63, 3.8) is 0 Å². The monoisotopic (exact) mass is 426 g/mol.